The first-order valence-electron chi connectivity index (χ1n) is 8.55. The number of pyridine rings is 1. The molecule has 0 spiro atoms. The minimum absolute atomic E-state index is 0.0782. The molecule has 0 fully saturated rings. The molecule has 0 bridgehead atoms. The summed E-state index contributed by atoms with van der Waals surface area (Å²) in [6.45, 7) is 3.61. The third-order valence-corrected chi connectivity index (χ3v) is 4.70. The van der Waals surface area contributed by atoms with E-state index in [2.05, 4.69) is 19.7 Å². The van der Waals surface area contributed by atoms with Crippen LogP contribution in [0.4, 0.5) is 16.0 Å². The number of rotatable bonds is 5. The fourth-order valence-electron chi connectivity index (χ4n) is 2.90. The first-order valence-corrected chi connectivity index (χ1v) is 10.4. The molecule has 3 rings (SSSR count). The zero-order valence-electron chi connectivity index (χ0n) is 15.7. The SMILES string of the molecule is CCc1nc(N)nc(-c2cccc(F)c2)c1-c1cnc(C)c(NS(C)(=O)=O)c1. The summed E-state index contributed by atoms with van der Waals surface area (Å²) in [6.07, 6.45) is 3.23. The van der Waals surface area contributed by atoms with Crippen LogP contribution in [0.15, 0.2) is 36.5 Å². The maximum Gasteiger partial charge on any atom is 0.229 e. The van der Waals surface area contributed by atoms with Gasteiger partial charge >= 0.3 is 0 Å². The van der Waals surface area contributed by atoms with Gasteiger partial charge < -0.3 is 5.73 Å². The molecular formula is C19H20FN5O2S. The van der Waals surface area contributed by atoms with Crippen molar-refractivity contribution in [2.24, 2.45) is 0 Å². The van der Waals surface area contributed by atoms with Crippen molar-refractivity contribution in [2.75, 3.05) is 16.7 Å². The summed E-state index contributed by atoms with van der Waals surface area (Å²) in [4.78, 5) is 12.9. The summed E-state index contributed by atoms with van der Waals surface area (Å²) in [6, 6.07) is 7.69. The Morgan fingerprint density at radius 3 is 2.57 bits per heavy atom. The molecule has 0 saturated heterocycles. The molecule has 3 N–H and O–H groups in total. The van der Waals surface area contributed by atoms with Crippen molar-refractivity contribution in [2.45, 2.75) is 20.3 Å². The minimum Gasteiger partial charge on any atom is -0.368 e. The summed E-state index contributed by atoms with van der Waals surface area (Å²) in [7, 11) is -3.48. The summed E-state index contributed by atoms with van der Waals surface area (Å²) >= 11 is 0. The number of nitrogens with two attached hydrogens (primary N) is 1. The van der Waals surface area contributed by atoms with Gasteiger partial charge in [0.1, 0.15) is 5.82 Å². The number of hydrogen-bond donors (Lipinski definition) is 2. The van der Waals surface area contributed by atoms with Crippen molar-refractivity contribution in [1.29, 1.82) is 0 Å². The monoisotopic (exact) mass is 401 g/mol. The number of sulfonamides is 1. The largest absolute Gasteiger partial charge is 0.368 e. The molecule has 28 heavy (non-hydrogen) atoms. The predicted molar refractivity (Wildman–Crippen MR) is 108 cm³/mol. The first kappa shape index (κ1) is 19.7. The van der Waals surface area contributed by atoms with E-state index in [1.807, 2.05) is 6.92 Å². The molecule has 0 unspecified atom stereocenters. The van der Waals surface area contributed by atoms with E-state index in [4.69, 9.17) is 5.73 Å². The van der Waals surface area contributed by atoms with Crippen LogP contribution < -0.4 is 10.5 Å². The van der Waals surface area contributed by atoms with Crippen LogP contribution in [0.25, 0.3) is 22.4 Å². The quantitative estimate of drug-likeness (QED) is 0.679. The molecule has 2 heterocycles. The number of nitrogens with zero attached hydrogens (tertiary/aromatic N) is 3. The van der Waals surface area contributed by atoms with Crippen molar-refractivity contribution in [1.82, 2.24) is 15.0 Å². The Balaban J connectivity index is 2.28. The van der Waals surface area contributed by atoms with Crippen LogP contribution in [0.3, 0.4) is 0 Å². The maximum absolute atomic E-state index is 13.8. The number of anilines is 2. The lowest BCUT2D eigenvalue weighted by Crippen LogP contribution is -2.11. The van der Waals surface area contributed by atoms with Gasteiger partial charge in [-0.05, 0) is 31.5 Å². The molecular weight excluding hydrogens is 381 g/mol. The Hall–Kier alpha value is -3.07. The van der Waals surface area contributed by atoms with E-state index in [1.54, 1.807) is 31.3 Å². The Bertz CT molecular complexity index is 1150. The predicted octanol–water partition coefficient (Wildman–Crippen LogP) is 3.17. The van der Waals surface area contributed by atoms with Crippen LogP contribution in [0.1, 0.15) is 18.3 Å². The number of benzene rings is 1. The molecule has 0 aliphatic rings. The van der Waals surface area contributed by atoms with Crippen LogP contribution in [0.2, 0.25) is 0 Å². The number of aryl methyl sites for hydroxylation is 2. The van der Waals surface area contributed by atoms with E-state index in [0.29, 0.717) is 45.9 Å². The lowest BCUT2D eigenvalue weighted by atomic mass is 9.97. The number of nitrogens with one attached hydrogen (secondary N) is 1. The topological polar surface area (TPSA) is 111 Å². The number of halogens is 1. The zero-order chi connectivity index (χ0) is 20.5. The molecule has 0 aliphatic heterocycles. The van der Waals surface area contributed by atoms with Crippen molar-refractivity contribution in [3.8, 4) is 22.4 Å². The molecule has 0 aliphatic carbocycles. The summed E-state index contributed by atoms with van der Waals surface area (Å²) in [5.74, 6) is -0.324. The molecule has 3 aromatic rings. The Morgan fingerprint density at radius 1 is 1.18 bits per heavy atom. The van der Waals surface area contributed by atoms with E-state index in [1.165, 1.54) is 12.1 Å². The van der Waals surface area contributed by atoms with Gasteiger partial charge in [-0.2, -0.15) is 0 Å². The average Bonchev–Trinajstić information content (AvgIpc) is 2.62. The van der Waals surface area contributed by atoms with E-state index < -0.39 is 15.8 Å². The van der Waals surface area contributed by atoms with Crippen LogP contribution in [0.5, 0.6) is 0 Å². The second-order valence-electron chi connectivity index (χ2n) is 6.35. The van der Waals surface area contributed by atoms with Gasteiger partial charge in [0.15, 0.2) is 0 Å². The van der Waals surface area contributed by atoms with Gasteiger partial charge in [-0.25, -0.2) is 22.8 Å². The third-order valence-electron chi connectivity index (χ3n) is 4.11. The van der Waals surface area contributed by atoms with Crippen molar-refractivity contribution < 1.29 is 12.8 Å². The highest BCUT2D eigenvalue weighted by Crippen LogP contribution is 2.35. The van der Waals surface area contributed by atoms with Gasteiger partial charge in [0, 0.05) is 22.9 Å². The maximum atomic E-state index is 13.8. The third kappa shape index (κ3) is 4.25. The fourth-order valence-corrected chi connectivity index (χ4v) is 3.51. The molecule has 146 valence electrons. The van der Waals surface area contributed by atoms with E-state index >= 15 is 0 Å². The summed E-state index contributed by atoms with van der Waals surface area (Å²) < 4.78 is 39.6. The Kier molecular flexibility index (Phi) is 5.28. The van der Waals surface area contributed by atoms with Crippen LogP contribution in [-0.2, 0) is 16.4 Å². The molecule has 7 nitrogen and oxygen atoms in total. The second-order valence-corrected chi connectivity index (χ2v) is 8.10. The summed E-state index contributed by atoms with van der Waals surface area (Å²) in [5.41, 5.74) is 9.63. The normalized spacial score (nSPS) is 11.4. The smallest absolute Gasteiger partial charge is 0.229 e. The molecule has 0 radical (unpaired) electrons. The second kappa shape index (κ2) is 7.51. The van der Waals surface area contributed by atoms with Crippen molar-refractivity contribution in [3.05, 3.63) is 53.7 Å². The van der Waals surface area contributed by atoms with Gasteiger partial charge in [-0.1, -0.05) is 19.1 Å². The fraction of sp³-hybridized carbons (Fsp3) is 0.211. The van der Waals surface area contributed by atoms with Crippen LogP contribution in [0, 0.1) is 12.7 Å². The van der Waals surface area contributed by atoms with Gasteiger partial charge in [0.05, 0.1) is 29.0 Å². The Labute approximate surface area is 162 Å². The lowest BCUT2D eigenvalue weighted by molar-refractivity contribution is 0.606. The van der Waals surface area contributed by atoms with E-state index in [9.17, 15) is 12.8 Å². The van der Waals surface area contributed by atoms with Gasteiger partial charge in [-0.15, -0.1) is 0 Å². The van der Waals surface area contributed by atoms with Crippen LogP contribution >= 0.6 is 0 Å². The number of aromatic nitrogens is 3. The highest BCUT2D eigenvalue weighted by molar-refractivity contribution is 7.92. The van der Waals surface area contributed by atoms with Crippen LogP contribution in [-0.4, -0.2) is 29.6 Å². The van der Waals surface area contributed by atoms with Gasteiger partial charge in [0.25, 0.3) is 0 Å². The zero-order valence-corrected chi connectivity index (χ0v) is 16.5. The van der Waals surface area contributed by atoms with E-state index in [0.717, 1.165) is 6.26 Å². The Morgan fingerprint density at radius 2 is 1.93 bits per heavy atom. The highest BCUT2D eigenvalue weighted by Gasteiger charge is 2.18. The molecule has 0 amide bonds. The first-order chi connectivity index (χ1) is 13.2. The number of hydrogen-bond acceptors (Lipinski definition) is 6. The average molecular weight is 401 g/mol. The van der Waals surface area contributed by atoms with E-state index in [-0.39, 0.29) is 5.95 Å². The molecule has 0 atom stereocenters. The van der Waals surface area contributed by atoms with Crippen molar-refractivity contribution in [3.63, 3.8) is 0 Å². The number of nitrogen functional groups attached to an aromatic ring is 1. The van der Waals surface area contributed by atoms with Gasteiger partial charge in [0.2, 0.25) is 16.0 Å². The molecule has 9 heteroatoms. The van der Waals surface area contributed by atoms with Gasteiger partial charge in [-0.3, -0.25) is 9.71 Å². The molecule has 2 aromatic heterocycles. The standard InChI is InChI=1S/C19H20FN5O2S/c1-4-15-17(13-9-16(11(2)22-10-13)25-28(3,26)27)18(24-19(21)23-15)12-6-5-7-14(20)8-12/h5-10,25H,4H2,1-3H3,(H2,21,23,24). The molecule has 0 saturated carbocycles. The highest BCUT2D eigenvalue weighted by atomic mass is 32.2. The van der Waals surface area contributed by atoms with Crippen molar-refractivity contribution >= 4 is 21.7 Å². The molecule has 1 aromatic carbocycles. The minimum atomic E-state index is -3.48. The lowest BCUT2D eigenvalue weighted by Gasteiger charge is -2.16. The summed E-state index contributed by atoms with van der Waals surface area (Å²) in [5, 5.41) is 0.